The molecule has 0 aliphatic heterocycles. The summed E-state index contributed by atoms with van der Waals surface area (Å²) in [5.74, 6) is 0. The molecule has 1 aromatic carbocycles. The highest BCUT2D eigenvalue weighted by Gasteiger charge is 2.37. The highest BCUT2D eigenvalue weighted by molar-refractivity contribution is 5.38. The van der Waals surface area contributed by atoms with Crippen molar-refractivity contribution in [2.45, 2.75) is 64.3 Å². The van der Waals surface area contributed by atoms with Gasteiger partial charge in [-0.1, -0.05) is 43.0 Å². The summed E-state index contributed by atoms with van der Waals surface area (Å²) in [6.45, 7) is 4.11. The fraction of sp³-hybridized carbons (Fsp3) is 0.632. The molecule has 1 aliphatic rings. The highest BCUT2D eigenvalue weighted by atomic mass is 15.6. The summed E-state index contributed by atoms with van der Waals surface area (Å²) in [6, 6.07) is 13.6. The van der Waals surface area contributed by atoms with Gasteiger partial charge in [-0.15, -0.1) is 0 Å². The highest BCUT2D eigenvalue weighted by Crippen LogP contribution is 2.28. The molecule has 0 spiro atoms. The molecular formula is C19H29N3+. The van der Waals surface area contributed by atoms with Crippen molar-refractivity contribution in [3.05, 3.63) is 30.3 Å². The number of benzene rings is 1. The van der Waals surface area contributed by atoms with Gasteiger partial charge in [0.05, 0.1) is 25.6 Å². The van der Waals surface area contributed by atoms with Crippen molar-refractivity contribution in [1.29, 1.82) is 5.26 Å². The fourth-order valence-electron chi connectivity index (χ4n) is 3.36. The fourth-order valence-corrected chi connectivity index (χ4v) is 3.36. The maximum atomic E-state index is 9.01. The van der Waals surface area contributed by atoms with Crippen LogP contribution in [0.5, 0.6) is 0 Å². The van der Waals surface area contributed by atoms with Crippen LogP contribution in [0.1, 0.15) is 58.3 Å². The molecule has 3 nitrogen and oxygen atoms in total. The van der Waals surface area contributed by atoms with Crippen LogP contribution in [-0.4, -0.2) is 24.1 Å². The Morgan fingerprint density at radius 1 is 1.14 bits per heavy atom. The van der Waals surface area contributed by atoms with Crippen LogP contribution in [0.3, 0.4) is 0 Å². The normalized spacial score (nSPS) is 16.1. The summed E-state index contributed by atoms with van der Waals surface area (Å²) >= 11 is 0. The number of hydrogen-bond donors (Lipinski definition) is 0. The van der Waals surface area contributed by atoms with Crippen LogP contribution in [0.4, 0.5) is 5.69 Å². The van der Waals surface area contributed by atoms with Gasteiger partial charge in [0, 0.05) is 25.0 Å². The first-order valence-corrected chi connectivity index (χ1v) is 8.83. The van der Waals surface area contributed by atoms with Gasteiger partial charge in [-0.05, 0) is 24.3 Å². The molecule has 0 saturated heterocycles. The van der Waals surface area contributed by atoms with E-state index < -0.39 is 0 Å². The molecule has 1 saturated carbocycles. The number of hydrogen-bond acceptors (Lipinski definition) is 3. The van der Waals surface area contributed by atoms with Crippen LogP contribution in [0.2, 0.25) is 0 Å². The minimum absolute atomic E-state index is 0.590. The first-order valence-electron chi connectivity index (χ1n) is 8.83. The molecule has 2 rings (SSSR count). The summed E-state index contributed by atoms with van der Waals surface area (Å²) in [4.78, 5) is 0. The van der Waals surface area contributed by atoms with E-state index in [0.29, 0.717) is 12.5 Å². The second kappa shape index (κ2) is 9.61. The number of nitriles is 1. The standard InChI is InChI=1S/C19H29N3/c1-2-3-16-21(17-10-15-20)22(18-11-6-4-7-12-18)19-13-8-5-9-14-19/h4,6-7,11-12,19H,2-3,5,8-10,13-14,16-17H2,1H3/q+1. The Labute approximate surface area is 135 Å². The molecule has 0 N–H and O–H groups in total. The second-order valence-electron chi connectivity index (χ2n) is 6.19. The minimum Gasteiger partial charge on any atom is -0.198 e. The third kappa shape index (κ3) is 4.83. The molecule has 0 amide bonds. The molecule has 3 heteroatoms. The Hall–Kier alpha value is -1.37. The van der Waals surface area contributed by atoms with Crippen LogP contribution in [-0.2, 0) is 0 Å². The van der Waals surface area contributed by atoms with Crippen LogP contribution in [0, 0.1) is 11.3 Å². The SMILES string of the molecule is CCCCN(CCC#N)[N+](c1ccccc1)C1CCCCC1. The smallest absolute Gasteiger partial charge is 0.198 e. The van der Waals surface area contributed by atoms with Crippen molar-refractivity contribution in [2.75, 3.05) is 13.1 Å². The largest absolute Gasteiger partial charge is 0.203 e. The van der Waals surface area contributed by atoms with Crippen molar-refractivity contribution in [2.24, 2.45) is 0 Å². The van der Waals surface area contributed by atoms with Crippen molar-refractivity contribution in [1.82, 2.24) is 10.0 Å². The quantitative estimate of drug-likeness (QED) is 0.514. The average Bonchev–Trinajstić information content (AvgIpc) is 2.59. The van der Waals surface area contributed by atoms with E-state index in [4.69, 9.17) is 5.26 Å². The summed E-state index contributed by atoms with van der Waals surface area (Å²) in [5, 5.41) is 13.9. The maximum absolute atomic E-state index is 9.01. The van der Waals surface area contributed by atoms with Crippen molar-refractivity contribution in [3.8, 4) is 6.07 Å². The lowest BCUT2D eigenvalue weighted by Gasteiger charge is -2.31. The predicted octanol–water partition coefficient (Wildman–Crippen LogP) is 4.72. The zero-order chi connectivity index (χ0) is 15.6. The molecule has 0 atom stereocenters. The molecule has 22 heavy (non-hydrogen) atoms. The van der Waals surface area contributed by atoms with Gasteiger partial charge in [0.25, 0.3) is 0 Å². The molecule has 0 bridgehead atoms. The molecule has 0 aromatic heterocycles. The summed E-state index contributed by atoms with van der Waals surface area (Å²) in [6.07, 6.45) is 9.53. The van der Waals surface area contributed by atoms with Gasteiger partial charge in [-0.25, -0.2) is 0 Å². The summed E-state index contributed by atoms with van der Waals surface area (Å²) in [7, 11) is 0. The van der Waals surface area contributed by atoms with Crippen molar-refractivity contribution >= 4 is 5.69 Å². The lowest BCUT2D eigenvalue weighted by molar-refractivity contribution is 0.0646. The van der Waals surface area contributed by atoms with Gasteiger partial charge >= 0.3 is 0 Å². The molecule has 1 radical (unpaired) electrons. The van der Waals surface area contributed by atoms with Gasteiger partial charge in [-0.2, -0.15) is 5.26 Å². The predicted molar refractivity (Wildman–Crippen MR) is 91.8 cm³/mol. The van der Waals surface area contributed by atoms with E-state index >= 15 is 0 Å². The number of hydrazine groups is 1. The van der Waals surface area contributed by atoms with Crippen LogP contribution >= 0.6 is 0 Å². The van der Waals surface area contributed by atoms with Gasteiger partial charge in [-0.3, -0.25) is 0 Å². The van der Waals surface area contributed by atoms with Gasteiger partial charge < -0.3 is 0 Å². The number of nitrogens with zero attached hydrogens (tertiary/aromatic N) is 3. The van der Waals surface area contributed by atoms with Gasteiger partial charge in [0.1, 0.15) is 0 Å². The first-order chi connectivity index (χ1) is 10.9. The van der Waals surface area contributed by atoms with Gasteiger partial charge in [0.2, 0.25) is 5.69 Å². The lowest BCUT2D eigenvalue weighted by atomic mass is 9.94. The van der Waals surface area contributed by atoms with Crippen LogP contribution in [0.15, 0.2) is 30.3 Å². The Morgan fingerprint density at radius 2 is 1.86 bits per heavy atom. The lowest BCUT2D eigenvalue weighted by Crippen LogP contribution is -2.51. The van der Waals surface area contributed by atoms with E-state index in [-0.39, 0.29) is 0 Å². The number of para-hydroxylation sites is 1. The molecule has 119 valence electrons. The summed E-state index contributed by atoms with van der Waals surface area (Å²) in [5.41, 5.74) is 1.28. The van der Waals surface area contributed by atoms with E-state index in [1.165, 1.54) is 50.6 Å². The van der Waals surface area contributed by atoms with Crippen LogP contribution < -0.4 is 5.01 Å². The number of rotatable bonds is 8. The monoisotopic (exact) mass is 299 g/mol. The first kappa shape index (κ1) is 17.0. The molecule has 0 heterocycles. The zero-order valence-electron chi connectivity index (χ0n) is 13.9. The molecule has 1 aromatic rings. The van der Waals surface area contributed by atoms with E-state index in [1.54, 1.807) is 0 Å². The van der Waals surface area contributed by atoms with E-state index in [2.05, 4.69) is 53.3 Å². The zero-order valence-corrected chi connectivity index (χ0v) is 13.9. The van der Waals surface area contributed by atoms with E-state index in [1.807, 2.05) is 0 Å². The third-order valence-electron chi connectivity index (χ3n) is 4.50. The maximum Gasteiger partial charge on any atom is 0.203 e. The molecule has 0 unspecified atom stereocenters. The summed E-state index contributed by atoms with van der Waals surface area (Å²) < 4.78 is 0. The number of unbranched alkanes of at least 4 members (excludes halogenated alkanes) is 1. The third-order valence-corrected chi connectivity index (χ3v) is 4.50. The second-order valence-corrected chi connectivity index (χ2v) is 6.19. The Bertz CT molecular complexity index is 445. The van der Waals surface area contributed by atoms with Crippen molar-refractivity contribution in [3.63, 3.8) is 0 Å². The Kier molecular flexibility index (Phi) is 7.42. The molecule has 1 aliphatic carbocycles. The van der Waals surface area contributed by atoms with E-state index in [0.717, 1.165) is 13.1 Å². The van der Waals surface area contributed by atoms with Gasteiger partial charge in [0.15, 0.2) is 6.04 Å². The molecular weight excluding hydrogens is 270 g/mol. The Balaban J connectivity index is 2.20. The van der Waals surface area contributed by atoms with E-state index in [9.17, 15) is 0 Å². The molecule has 1 fully saturated rings. The Morgan fingerprint density at radius 3 is 2.50 bits per heavy atom. The minimum atomic E-state index is 0.590. The van der Waals surface area contributed by atoms with Crippen molar-refractivity contribution < 1.29 is 0 Å². The topological polar surface area (TPSA) is 32.9 Å². The van der Waals surface area contributed by atoms with Crippen LogP contribution in [0.25, 0.3) is 0 Å². The number of anilines is 1. The average molecular weight is 299 g/mol.